The number of aromatic nitrogens is 1. The fourth-order valence-electron chi connectivity index (χ4n) is 1.56. The second kappa shape index (κ2) is 2.64. The maximum Gasteiger partial charge on any atom is 0.241 e. The average molecular weight is 187 g/mol. The molecule has 3 rings (SSSR count). The lowest BCUT2D eigenvalue weighted by Crippen LogP contribution is -2.30. The lowest BCUT2D eigenvalue weighted by atomic mass is 10.2. The molecule has 0 amide bonds. The lowest BCUT2D eigenvalue weighted by molar-refractivity contribution is 0.204. The third-order valence-electron chi connectivity index (χ3n) is 2.26. The van der Waals surface area contributed by atoms with Crippen LogP contribution in [-0.4, -0.2) is 17.6 Å². The van der Waals surface area contributed by atoms with E-state index in [-0.39, 0.29) is 6.10 Å². The lowest BCUT2D eigenvalue weighted by Gasteiger charge is -2.15. The minimum Gasteiger partial charge on any atom is -0.471 e. The van der Waals surface area contributed by atoms with E-state index in [0.29, 0.717) is 12.4 Å². The largest absolute Gasteiger partial charge is 0.471 e. The number of fused-ring (bicyclic) bond motifs is 2. The summed E-state index contributed by atoms with van der Waals surface area (Å²) < 4.78 is 5.56. The second-order valence-electron chi connectivity index (χ2n) is 3.44. The highest BCUT2D eigenvalue weighted by Crippen LogP contribution is 2.07. The Morgan fingerprint density at radius 2 is 2.43 bits per heavy atom. The quantitative estimate of drug-likeness (QED) is 0.577. The van der Waals surface area contributed by atoms with Gasteiger partial charge in [0.15, 0.2) is 5.49 Å². The van der Waals surface area contributed by atoms with Crippen LogP contribution in [0.25, 0.3) is 6.08 Å². The van der Waals surface area contributed by atoms with Crippen molar-refractivity contribution in [1.29, 1.82) is 0 Å². The fraction of sp³-hybridized carbons (Fsp3) is 0.300. The van der Waals surface area contributed by atoms with Gasteiger partial charge in [-0.2, -0.15) is 4.98 Å². The van der Waals surface area contributed by atoms with E-state index < -0.39 is 0 Å². The van der Waals surface area contributed by atoms with Crippen molar-refractivity contribution in [3.05, 3.63) is 28.7 Å². The van der Waals surface area contributed by atoms with Crippen molar-refractivity contribution >= 4 is 6.08 Å². The molecule has 0 fully saturated rings. The number of pyridine rings is 1. The van der Waals surface area contributed by atoms with Crippen LogP contribution in [0.1, 0.15) is 12.5 Å². The monoisotopic (exact) mass is 187 g/mol. The van der Waals surface area contributed by atoms with Gasteiger partial charge < -0.3 is 4.74 Å². The highest BCUT2D eigenvalue weighted by atomic mass is 16.5. The summed E-state index contributed by atoms with van der Waals surface area (Å²) in [6.07, 6.45) is 3.78. The molecular formula is C10H9N3O. The summed E-state index contributed by atoms with van der Waals surface area (Å²) in [5, 5.41) is 0.837. The molecule has 0 unspecified atom stereocenters. The molecule has 14 heavy (non-hydrogen) atoms. The van der Waals surface area contributed by atoms with Crippen LogP contribution in [0, 0.1) is 0 Å². The van der Waals surface area contributed by atoms with Crippen molar-refractivity contribution < 1.29 is 4.74 Å². The normalized spacial score (nSPS) is 21.6. The topological polar surface area (TPSA) is 46.8 Å². The van der Waals surface area contributed by atoms with E-state index in [1.54, 1.807) is 6.20 Å². The molecule has 0 aliphatic carbocycles. The standard InChI is InChI=1S/C10H9N3O/c1-6-5-12-8-4-7-2-3-11-9(7)13-10(8)14-6/h2-4,6H,5H2,1H3/t6-/m1/s1. The van der Waals surface area contributed by atoms with Crippen LogP contribution in [0.15, 0.2) is 22.3 Å². The fourth-order valence-corrected chi connectivity index (χ4v) is 1.56. The summed E-state index contributed by atoms with van der Waals surface area (Å²) in [5.74, 6) is 0.606. The molecule has 1 aromatic heterocycles. The molecule has 1 aromatic rings. The Bertz CT molecular complexity index is 533. The molecule has 0 N–H and O–H groups in total. The molecule has 2 aliphatic heterocycles. The van der Waals surface area contributed by atoms with Gasteiger partial charge in [0.05, 0.1) is 6.54 Å². The van der Waals surface area contributed by atoms with Gasteiger partial charge in [0.1, 0.15) is 11.5 Å². The van der Waals surface area contributed by atoms with E-state index in [9.17, 15) is 0 Å². The molecule has 3 heterocycles. The molecule has 0 radical (unpaired) electrons. The molecule has 70 valence electrons. The van der Waals surface area contributed by atoms with Gasteiger partial charge in [-0.25, -0.2) is 4.99 Å². The zero-order valence-corrected chi connectivity index (χ0v) is 7.77. The van der Waals surface area contributed by atoms with Crippen LogP contribution in [0.3, 0.4) is 0 Å². The molecule has 0 aromatic carbocycles. The molecular weight excluding hydrogens is 178 g/mol. The van der Waals surface area contributed by atoms with Crippen LogP contribution in [-0.2, 0) is 0 Å². The Morgan fingerprint density at radius 1 is 1.50 bits per heavy atom. The first-order chi connectivity index (χ1) is 6.83. The van der Waals surface area contributed by atoms with Crippen molar-refractivity contribution in [2.24, 2.45) is 9.98 Å². The first-order valence-electron chi connectivity index (χ1n) is 4.59. The van der Waals surface area contributed by atoms with Gasteiger partial charge in [-0.1, -0.05) is 0 Å². The van der Waals surface area contributed by atoms with Crippen LogP contribution >= 0.6 is 0 Å². The Morgan fingerprint density at radius 3 is 3.36 bits per heavy atom. The van der Waals surface area contributed by atoms with Gasteiger partial charge in [0.25, 0.3) is 0 Å². The van der Waals surface area contributed by atoms with Crippen LogP contribution in [0.4, 0.5) is 0 Å². The van der Waals surface area contributed by atoms with E-state index in [2.05, 4.69) is 15.0 Å². The van der Waals surface area contributed by atoms with Gasteiger partial charge in [-0.15, -0.1) is 0 Å². The van der Waals surface area contributed by atoms with Crippen LogP contribution < -0.4 is 15.6 Å². The molecule has 1 atom stereocenters. The van der Waals surface area contributed by atoms with Crippen LogP contribution in [0.5, 0.6) is 5.88 Å². The Labute approximate surface area is 80.7 Å². The van der Waals surface area contributed by atoms with Crippen molar-refractivity contribution in [1.82, 2.24) is 4.98 Å². The third-order valence-corrected chi connectivity index (χ3v) is 2.26. The van der Waals surface area contributed by atoms with E-state index in [0.717, 1.165) is 16.4 Å². The molecule has 4 nitrogen and oxygen atoms in total. The zero-order chi connectivity index (χ0) is 9.54. The minimum absolute atomic E-state index is 0.113. The van der Waals surface area contributed by atoms with E-state index in [4.69, 9.17) is 4.74 Å². The highest BCUT2D eigenvalue weighted by Gasteiger charge is 2.14. The van der Waals surface area contributed by atoms with Crippen molar-refractivity contribution in [2.45, 2.75) is 13.0 Å². The third kappa shape index (κ3) is 1.04. The molecule has 0 saturated carbocycles. The van der Waals surface area contributed by atoms with Crippen molar-refractivity contribution in [3.63, 3.8) is 0 Å². The van der Waals surface area contributed by atoms with Crippen LogP contribution in [0.2, 0.25) is 0 Å². The summed E-state index contributed by atoms with van der Waals surface area (Å²) in [4.78, 5) is 12.8. The van der Waals surface area contributed by atoms with Crippen molar-refractivity contribution in [2.75, 3.05) is 6.54 Å². The number of ether oxygens (including phenoxy) is 1. The smallest absolute Gasteiger partial charge is 0.241 e. The molecule has 0 saturated heterocycles. The van der Waals surface area contributed by atoms with Gasteiger partial charge in [0, 0.05) is 11.8 Å². The summed E-state index contributed by atoms with van der Waals surface area (Å²) in [7, 11) is 0. The molecule has 4 heteroatoms. The van der Waals surface area contributed by atoms with Gasteiger partial charge in [-0.3, -0.25) is 4.99 Å². The summed E-state index contributed by atoms with van der Waals surface area (Å²) in [6, 6.07) is 1.97. The Balaban J connectivity index is 2.27. The van der Waals surface area contributed by atoms with Gasteiger partial charge in [-0.05, 0) is 19.1 Å². The van der Waals surface area contributed by atoms with E-state index in [1.165, 1.54) is 0 Å². The predicted molar refractivity (Wildman–Crippen MR) is 50.5 cm³/mol. The van der Waals surface area contributed by atoms with Crippen molar-refractivity contribution in [3.8, 4) is 5.88 Å². The van der Waals surface area contributed by atoms with E-state index >= 15 is 0 Å². The van der Waals surface area contributed by atoms with E-state index in [1.807, 2.05) is 19.1 Å². The first-order valence-corrected chi connectivity index (χ1v) is 4.59. The maximum absolute atomic E-state index is 5.56. The number of hydrogen-bond acceptors (Lipinski definition) is 4. The van der Waals surface area contributed by atoms with Gasteiger partial charge in [0.2, 0.25) is 5.88 Å². The Kier molecular flexibility index (Phi) is 1.45. The average Bonchev–Trinajstić information content (AvgIpc) is 2.61. The summed E-state index contributed by atoms with van der Waals surface area (Å²) in [5.41, 5.74) is 1.75. The number of hydrogen-bond donors (Lipinski definition) is 0. The maximum atomic E-state index is 5.56. The second-order valence-corrected chi connectivity index (χ2v) is 3.44. The zero-order valence-electron chi connectivity index (χ0n) is 7.77. The van der Waals surface area contributed by atoms with Gasteiger partial charge >= 0.3 is 0 Å². The predicted octanol–water partition coefficient (Wildman–Crippen LogP) is 0.0860. The summed E-state index contributed by atoms with van der Waals surface area (Å²) in [6.45, 7) is 2.69. The highest BCUT2D eigenvalue weighted by molar-refractivity contribution is 5.50. The first kappa shape index (κ1) is 7.67. The number of nitrogens with zero attached hydrogens (tertiary/aromatic N) is 3. The minimum atomic E-state index is 0.113. The molecule has 0 bridgehead atoms. The SMILES string of the molecule is C[C@@H]1CN=c2cc3c(nc2O1)=NC=C3. The number of rotatable bonds is 0. The molecule has 0 spiro atoms. The molecule has 2 aliphatic rings. The summed E-state index contributed by atoms with van der Waals surface area (Å²) >= 11 is 0. The Hall–Kier alpha value is -1.71.